The van der Waals surface area contributed by atoms with Crippen LogP contribution >= 0.6 is 12.2 Å². The van der Waals surface area contributed by atoms with Crippen LogP contribution in [0.2, 0.25) is 0 Å². The van der Waals surface area contributed by atoms with Gasteiger partial charge >= 0.3 is 6.18 Å². The van der Waals surface area contributed by atoms with E-state index in [0.717, 1.165) is 25.2 Å². The minimum Gasteiger partial charge on any atom is -0.368 e. The third-order valence-corrected chi connectivity index (χ3v) is 5.12. The zero-order chi connectivity index (χ0) is 20.8. The Morgan fingerprint density at radius 2 is 1.93 bits per heavy atom. The van der Waals surface area contributed by atoms with E-state index in [-0.39, 0.29) is 22.9 Å². The summed E-state index contributed by atoms with van der Waals surface area (Å²) in [5.74, 6) is -4.26. The summed E-state index contributed by atoms with van der Waals surface area (Å²) in [6, 6.07) is 3.52. The molecule has 1 N–H and O–H groups in total. The highest BCUT2D eigenvalue weighted by atomic mass is 32.1. The number of hydrogen-bond donors (Lipinski definition) is 1. The Labute approximate surface area is 162 Å². The number of carbonyl (C=O) groups is 1. The second-order valence-electron chi connectivity index (χ2n) is 6.49. The summed E-state index contributed by atoms with van der Waals surface area (Å²) in [4.78, 5) is 14.5. The number of aromatic nitrogens is 2. The summed E-state index contributed by atoms with van der Waals surface area (Å²) >= 11 is 5.25. The van der Waals surface area contributed by atoms with Crippen molar-refractivity contribution in [2.24, 2.45) is 13.0 Å². The molecule has 28 heavy (non-hydrogen) atoms. The number of likely N-dealkylation sites (tertiary alicyclic amines) is 1. The average Bonchev–Trinajstić information content (AvgIpc) is 3.11. The Morgan fingerprint density at radius 3 is 2.50 bits per heavy atom. The van der Waals surface area contributed by atoms with E-state index in [0.29, 0.717) is 10.7 Å². The van der Waals surface area contributed by atoms with E-state index in [1.165, 1.54) is 0 Å². The van der Waals surface area contributed by atoms with Crippen LogP contribution in [0.5, 0.6) is 0 Å². The summed E-state index contributed by atoms with van der Waals surface area (Å²) in [6.07, 6.45) is -4.60. The van der Waals surface area contributed by atoms with Gasteiger partial charge in [0, 0.05) is 32.6 Å². The third kappa shape index (κ3) is 3.71. The van der Waals surface area contributed by atoms with Crippen molar-refractivity contribution in [3.05, 3.63) is 47.3 Å². The molecule has 0 bridgehead atoms. The second-order valence-corrected chi connectivity index (χ2v) is 6.91. The monoisotopic (exact) mass is 418 g/mol. The van der Waals surface area contributed by atoms with Crippen LogP contribution in [0.15, 0.2) is 24.3 Å². The smallest absolute Gasteiger partial charge is 0.368 e. The molecule has 0 saturated carbocycles. The maximum atomic E-state index is 13.8. The minimum atomic E-state index is -4.60. The normalized spacial score (nSPS) is 20.0. The quantitative estimate of drug-likeness (QED) is 0.614. The lowest BCUT2D eigenvalue weighted by Gasteiger charge is -2.17. The van der Waals surface area contributed by atoms with Gasteiger partial charge in [-0.2, -0.15) is 18.3 Å². The number of rotatable bonds is 3. The van der Waals surface area contributed by atoms with Gasteiger partial charge in [0.05, 0.1) is 22.3 Å². The topological polar surface area (TPSA) is 50.2 Å². The maximum absolute atomic E-state index is 13.8. The van der Waals surface area contributed by atoms with E-state index in [1.54, 1.807) is 11.9 Å². The van der Waals surface area contributed by atoms with Crippen LogP contribution in [0.25, 0.3) is 0 Å². The summed E-state index contributed by atoms with van der Waals surface area (Å²) in [5.41, 5.74) is -1.15. The number of aryl methyl sites for hydroxylation is 1. The van der Waals surface area contributed by atoms with Crippen molar-refractivity contribution in [3.63, 3.8) is 0 Å². The van der Waals surface area contributed by atoms with E-state index in [9.17, 15) is 26.7 Å². The number of nitrogens with one attached hydrogen (secondary N) is 1. The zero-order valence-electron chi connectivity index (χ0n) is 14.7. The average molecular weight is 418 g/mol. The highest BCUT2D eigenvalue weighted by Crippen LogP contribution is 2.37. The number of thiocarbonyl (C=S) groups is 1. The molecule has 1 aliphatic heterocycles. The molecule has 2 aromatic rings. The Morgan fingerprint density at radius 1 is 1.25 bits per heavy atom. The molecular weight excluding hydrogens is 403 g/mol. The first-order chi connectivity index (χ1) is 13.0. The zero-order valence-corrected chi connectivity index (χ0v) is 15.5. The number of anilines is 1. The largest absolute Gasteiger partial charge is 0.433 e. The van der Waals surface area contributed by atoms with Gasteiger partial charge in [-0.1, -0.05) is 12.2 Å². The highest BCUT2D eigenvalue weighted by Gasteiger charge is 2.44. The molecule has 2 atom stereocenters. The van der Waals surface area contributed by atoms with Gasteiger partial charge in [0.25, 0.3) is 0 Å². The van der Waals surface area contributed by atoms with Gasteiger partial charge < -0.3 is 10.2 Å². The molecular formula is C17H15F5N4OS. The van der Waals surface area contributed by atoms with E-state index < -0.39 is 41.2 Å². The molecule has 11 heteroatoms. The van der Waals surface area contributed by atoms with Crippen LogP contribution in [-0.4, -0.2) is 39.2 Å². The van der Waals surface area contributed by atoms with Gasteiger partial charge in [-0.15, -0.1) is 0 Å². The minimum absolute atomic E-state index is 0.0567. The molecule has 2 heterocycles. The fourth-order valence-electron chi connectivity index (χ4n) is 3.20. The van der Waals surface area contributed by atoms with Gasteiger partial charge in [-0.25, -0.2) is 8.78 Å². The van der Waals surface area contributed by atoms with Crippen molar-refractivity contribution in [1.82, 2.24) is 14.7 Å². The number of carbonyl (C=O) groups excluding carboxylic acids is 1. The number of nitrogens with zero attached hydrogens (tertiary/aromatic N) is 3. The molecule has 1 fully saturated rings. The number of likely N-dealkylation sites (N-methyl/N-ethyl adjacent to an activating group) is 1. The molecule has 0 unspecified atom stereocenters. The number of amides is 1. The standard InChI is InChI=1S/C17H15F5N4OS/c1-25-7-9(12-6-13(17(20,21)22)26(2)24-12)14(16(25)28)15(27)23-11-4-3-8(18)5-10(11)19/h3-6,9,14H,7H2,1-2H3,(H,23,27)/t9-,14+/m1/s1. The van der Waals surface area contributed by atoms with Gasteiger partial charge in [0.1, 0.15) is 17.3 Å². The number of halogens is 5. The molecule has 1 saturated heterocycles. The van der Waals surface area contributed by atoms with E-state index in [2.05, 4.69) is 10.4 Å². The van der Waals surface area contributed by atoms with Crippen molar-refractivity contribution < 1.29 is 26.7 Å². The SMILES string of the molecule is CN1C[C@H](c2cc(C(F)(F)F)n(C)n2)[C@@H](C(=O)Nc2ccc(F)cc2F)C1=S. The first kappa shape index (κ1) is 20.2. The fourth-order valence-corrected chi connectivity index (χ4v) is 3.54. The summed E-state index contributed by atoms with van der Waals surface area (Å²) in [7, 11) is 2.76. The van der Waals surface area contributed by atoms with Crippen LogP contribution in [0.1, 0.15) is 17.3 Å². The summed E-state index contributed by atoms with van der Waals surface area (Å²) in [6.45, 7) is 0.178. The molecule has 0 radical (unpaired) electrons. The van der Waals surface area contributed by atoms with Crippen LogP contribution in [0.4, 0.5) is 27.6 Å². The predicted octanol–water partition coefficient (Wildman–Crippen LogP) is 3.33. The third-order valence-electron chi connectivity index (χ3n) is 4.56. The Kier molecular flexibility index (Phi) is 5.13. The molecule has 150 valence electrons. The molecule has 1 amide bonds. The lowest BCUT2D eigenvalue weighted by molar-refractivity contribution is -0.143. The Balaban J connectivity index is 1.91. The predicted molar refractivity (Wildman–Crippen MR) is 94.7 cm³/mol. The first-order valence-corrected chi connectivity index (χ1v) is 8.52. The first-order valence-electron chi connectivity index (χ1n) is 8.11. The lowest BCUT2D eigenvalue weighted by atomic mass is 9.91. The molecule has 0 aliphatic carbocycles. The Hall–Kier alpha value is -2.56. The van der Waals surface area contributed by atoms with Crippen molar-refractivity contribution in [2.45, 2.75) is 12.1 Å². The summed E-state index contributed by atoms with van der Waals surface area (Å²) < 4.78 is 66.8. The van der Waals surface area contributed by atoms with Crippen molar-refractivity contribution in [1.29, 1.82) is 0 Å². The van der Waals surface area contributed by atoms with Crippen molar-refractivity contribution in [3.8, 4) is 0 Å². The molecule has 1 aromatic heterocycles. The second kappa shape index (κ2) is 7.12. The summed E-state index contributed by atoms with van der Waals surface area (Å²) in [5, 5.41) is 6.23. The molecule has 0 spiro atoms. The van der Waals surface area contributed by atoms with Gasteiger partial charge in [-0.05, 0) is 18.2 Å². The molecule has 1 aromatic carbocycles. The van der Waals surface area contributed by atoms with Gasteiger partial charge in [-0.3, -0.25) is 9.48 Å². The molecule has 5 nitrogen and oxygen atoms in total. The van der Waals surface area contributed by atoms with Crippen molar-refractivity contribution in [2.75, 3.05) is 18.9 Å². The van der Waals surface area contributed by atoms with Crippen LogP contribution in [0.3, 0.4) is 0 Å². The van der Waals surface area contributed by atoms with E-state index in [4.69, 9.17) is 12.2 Å². The van der Waals surface area contributed by atoms with Crippen LogP contribution in [-0.2, 0) is 18.0 Å². The maximum Gasteiger partial charge on any atom is 0.433 e. The van der Waals surface area contributed by atoms with Crippen molar-refractivity contribution >= 4 is 28.8 Å². The van der Waals surface area contributed by atoms with Crippen LogP contribution < -0.4 is 5.32 Å². The van der Waals surface area contributed by atoms with E-state index in [1.807, 2.05) is 0 Å². The highest BCUT2D eigenvalue weighted by molar-refractivity contribution is 7.80. The van der Waals surface area contributed by atoms with E-state index >= 15 is 0 Å². The molecule has 1 aliphatic rings. The number of alkyl halides is 3. The molecule has 3 rings (SSSR count). The number of benzene rings is 1. The number of hydrogen-bond acceptors (Lipinski definition) is 3. The van der Waals surface area contributed by atoms with Gasteiger partial charge in [0.2, 0.25) is 5.91 Å². The fraction of sp³-hybridized carbons (Fsp3) is 0.353. The Bertz CT molecular complexity index is 942. The van der Waals surface area contributed by atoms with Crippen LogP contribution in [0, 0.1) is 17.6 Å². The van der Waals surface area contributed by atoms with Gasteiger partial charge in [0.15, 0.2) is 0 Å². The lowest BCUT2D eigenvalue weighted by Crippen LogP contribution is -2.32.